The van der Waals surface area contributed by atoms with E-state index in [1.54, 1.807) is 0 Å². The lowest BCUT2D eigenvalue weighted by Gasteiger charge is -2.23. The summed E-state index contributed by atoms with van der Waals surface area (Å²) in [5.74, 6) is 0.706. The quantitative estimate of drug-likeness (QED) is 0.176. The Bertz CT molecular complexity index is 3210. The summed E-state index contributed by atoms with van der Waals surface area (Å²) in [7, 11) is 0. The fraction of sp³-hybridized carbons (Fsp3) is 0.0545. The first kappa shape index (κ1) is 33.2. The first-order chi connectivity index (χ1) is 28.0. The Hall–Kier alpha value is -7.16. The van der Waals surface area contributed by atoms with E-state index in [0.29, 0.717) is 5.82 Å². The number of hydrogen-bond donors (Lipinski definition) is 0. The lowest BCUT2D eigenvalue weighted by atomic mass is 9.80. The van der Waals surface area contributed by atoms with Gasteiger partial charge in [0.15, 0.2) is 5.82 Å². The molecule has 0 spiro atoms. The predicted molar refractivity (Wildman–Crippen MR) is 239 cm³/mol. The number of aromatic nitrogens is 2. The molecule has 268 valence electrons. The summed E-state index contributed by atoms with van der Waals surface area (Å²) in [5, 5.41) is 7.28. The molecule has 1 aromatic heterocycles. The van der Waals surface area contributed by atoms with Crippen molar-refractivity contribution < 1.29 is 0 Å². The Labute approximate surface area is 332 Å². The van der Waals surface area contributed by atoms with Crippen molar-refractivity contribution in [1.82, 2.24) is 9.97 Å². The van der Waals surface area contributed by atoms with Crippen molar-refractivity contribution in [2.45, 2.75) is 19.3 Å². The van der Waals surface area contributed by atoms with Gasteiger partial charge in [0.25, 0.3) is 0 Å². The zero-order valence-electron chi connectivity index (χ0n) is 31.9. The minimum absolute atomic E-state index is 0.0980. The maximum Gasteiger partial charge on any atom is 0.161 e. The highest BCUT2D eigenvalue weighted by molar-refractivity contribution is 6.06. The second-order valence-corrected chi connectivity index (χ2v) is 15.7. The van der Waals surface area contributed by atoms with Crippen LogP contribution in [0.4, 0.5) is 0 Å². The van der Waals surface area contributed by atoms with Gasteiger partial charge in [-0.05, 0) is 95.0 Å². The molecule has 0 aliphatic heterocycles. The predicted octanol–water partition coefficient (Wildman–Crippen LogP) is 14.6. The summed E-state index contributed by atoms with van der Waals surface area (Å²) in [6, 6.07) is 70.0. The molecule has 0 saturated heterocycles. The summed E-state index contributed by atoms with van der Waals surface area (Å²) < 4.78 is 0. The van der Waals surface area contributed by atoms with Crippen LogP contribution >= 0.6 is 0 Å². The molecule has 0 fully saturated rings. The smallest absolute Gasteiger partial charge is 0.161 e. The van der Waals surface area contributed by atoms with Gasteiger partial charge in [-0.1, -0.05) is 190 Å². The van der Waals surface area contributed by atoms with Crippen molar-refractivity contribution >= 4 is 32.3 Å². The molecule has 0 amide bonds. The van der Waals surface area contributed by atoms with Crippen LogP contribution < -0.4 is 0 Å². The van der Waals surface area contributed by atoms with Crippen molar-refractivity contribution in [3.63, 3.8) is 0 Å². The monoisotopic (exact) mass is 726 g/mol. The number of rotatable bonds is 5. The van der Waals surface area contributed by atoms with Crippen molar-refractivity contribution in [2.24, 2.45) is 0 Å². The third kappa shape index (κ3) is 5.33. The molecule has 2 heteroatoms. The fourth-order valence-corrected chi connectivity index (χ4v) is 9.40. The molecular formula is C55H38N2. The Kier molecular flexibility index (Phi) is 7.55. The maximum absolute atomic E-state index is 5.42. The summed E-state index contributed by atoms with van der Waals surface area (Å²) in [6.07, 6.45) is 0. The van der Waals surface area contributed by atoms with Gasteiger partial charge in [-0.2, -0.15) is 0 Å². The highest BCUT2D eigenvalue weighted by atomic mass is 14.9. The van der Waals surface area contributed by atoms with Crippen LogP contribution in [0.2, 0.25) is 0 Å². The zero-order chi connectivity index (χ0) is 38.1. The Morgan fingerprint density at radius 2 is 0.895 bits per heavy atom. The largest absolute Gasteiger partial charge is 0.228 e. The second-order valence-electron chi connectivity index (χ2n) is 15.7. The minimum atomic E-state index is -0.0980. The van der Waals surface area contributed by atoms with Crippen LogP contribution in [0.5, 0.6) is 0 Å². The molecule has 11 rings (SSSR count). The molecular weight excluding hydrogens is 689 g/mol. The second kappa shape index (κ2) is 13.0. The van der Waals surface area contributed by atoms with Crippen molar-refractivity contribution in [3.8, 4) is 67.3 Å². The van der Waals surface area contributed by atoms with Crippen molar-refractivity contribution in [1.29, 1.82) is 0 Å². The van der Waals surface area contributed by atoms with Gasteiger partial charge in [0.05, 0.1) is 11.4 Å². The Morgan fingerprint density at radius 1 is 0.333 bits per heavy atom. The van der Waals surface area contributed by atoms with Gasteiger partial charge in [0.2, 0.25) is 0 Å². The lowest BCUT2D eigenvalue weighted by molar-refractivity contribution is 0.666. The fourth-order valence-electron chi connectivity index (χ4n) is 9.40. The summed E-state index contributed by atoms with van der Waals surface area (Å²) in [5.41, 5.74) is 15.0. The van der Waals surface area contributed by atoms with Gasteiger partial charge in [-0.15, -0.1) is 0 Å². The SMILES string of the molecule is CC1(C)c2ccc(-c3ccc(-c4nc(-c5ccccc5-c5ccccc5)cc(-c5cccc6ccccc56)n4)c4ccccc34)cc2-c2ccc3ccccc3c21. The van der Waals surface area contributed by atoms with E-state index >= 15 is 0 Å². The maximum atomic E-state index is 5.42. The van der Waals surface area contributed by atoms with Crippen LogP contribution in [0.15, 0.2) is 194 Å². The number of benzene rings is 9. The van der Waals surface area contributed by atoms with Gasteiger partial charge < -0.3 is 0 Å². The van der Waals surface area contributed by atoms with Crippen LogP contribution in [0.1, 0.15) is 25.0 Å². The van der Waals surface area contributed by atoms with Crippen LogP contribution in [0.25, 0.3) is 99.6 Å². The summed E-state index contributed by atoms with van der Waals surface area (Å²) >= 11 is 0. The van der Waals surface area contributed by atoms with Crippen molar-refractivity contribution in [2.75, 3.05) is 0 Å². The average Bonchev–Trinajstić information content (AvgIpc) is 3.51. The first-order valence-corrected chi connectivity index (χ1v) is 19.7. The molecule has 9 aromatic carbocycles. The highest BCUT2D eigenvalue weighted by Gasteiger charge is 2.37. The van der Waals surface area contributed by atoms with Gasteiger partial charge in [-0.3, -0.25) is 0 Å². The molecule has 57 heavy (non-hydrogen) atoms. The molecule has 1 aliphatic rings. The van der Waals surface area contributed by atoms with E-state index in [-0.39, 0.29) is 5.41 Å². The van der Waals surface area contributed by atoms with E-state index in [4.69, 9.17) is 9.97 Å². The van der Waals surface area contributed by atoms with Crippen LogP contribution in [0, 0.1) is 0 Å². The molecule has 2 nitrogen and oxygen atoms in total. The van der Waals surface area contributed by atoms with Gasteiger partial charge >= 0.3 is 0 Å². The summed E-state index contributed by atoms with van der Waals surface area (Å²) in [4.78, 5) is 10.8. The number of nitrogens with zero attached hydrogens (tertiary/aromatic N) is 2. The van der Waals surface area contributed by atoms with Gasteiger partial charge in [-0.25, -0.2) is 9.97 Å². The third-order valence-electron chi connectivity index (χ3n) is 12.1. The molecule has 0 unspecified atom stereocenters. The van der Waals surface area contributed by atoms with Crippen LogP contribution in [0.3, 0.4) is 0 Å². The molecule has 1 heterocycles. The van der Waals surface area contributed by atoms with Crippen LogP contribution in [-0.2, 0) is 5.41 Å². The molecule has 0 saturated carbocycles. The third-order valence-corrected chi connectivity index (χ3v) is 12.1. The average molecular weight is 727 g/mol. The van der Waals surface area contributed by atoms with Gasteiger partial charge in [0.1, 0.15) is 0 Å². The molecule has 1 aliphatic carbocycles. The molecule has 0 bridgehead atoms. The Morgan fingerprint density at radius 3 is 1.68 bits per heavy atom. The standard InChI is InChI=1S/C55H38N2/c1-55(2)50-32-28-38(33-49(50)47-29-27-37-18-7-9-22-42(37)53(47)55)41-30-31-48(44-24-12-11-23-43(41)44)54-56-51(45-25-13-10-21-39(45)35-15-4-3-5-16-35)34-52(57-54)46-26-14-19-36-17-6-8-20-40(36)46/h3-34H,1-2H3. The zero-order valence-corrected chi connectivity index (χ0v) is 31.9. The normalized spacial score (nSPS) is 12.9. The van der Waals surface area contributed by atoms with E-state index in [1.165, 1.54) is 60.3 Å². The number of hydrogen-bond acceptors (Lipinski definition) is 2. The van der Waals surface area contributed by atoms with Crippen molar-refractivity contribution in [3.05, 3.63) is 205 Å². The minimum Gasteiger partial charge on any atom is -0.228 e. The molecule has 0 radical (unpaired) electrons. The molecule has 0 atom stereocenters. The molecule has 0 N–H and O–H groups in total. The highest BCUT2D eigenvalue weighted by Crippen LogP contribution is 2.52. The Balaban J connectivity index is 1.11. The number of fused-ring (bicyclic) bond motifs is 7. The molecule has 10 aromatic rings. The van der Waals surface area contributed by atoms with E-state index in [2.05, 4.69) is 208 Å². The summed E-state index contributed by atoms with van der Waals surface area (Å²) in [6.45, 7) is 4.74. The van der Waals surface area contributed by atoms with Crippen LogP contribution in [-0.4, -0.2) is 9.97 Å². The topological polar surface area (TPSA) is 25.8 Å². The van der Waals surface area contributed by atoms with E-state index < -0.39 is 0 Å². The van der Waals surface area contributed by atoms with Gasteiger partial charge in [0, 0.05) is 22.1 Å². The van der Waals surface area contributed by atoms with E-state index in [0.717, 1.165) is 44.6 Å². The van der Waals surface area contributed by atoms with E-state index in [1.807, 2.05) is 0 Å². The first-order valence-electron chi connectivity index (χ1n) is 19.7. The lowest BCUT2D eigenvalue weighted by Crippen LogP contribution is -2.15. The van der Waals surface area contributed by atoms with E-state index in [9.17, 15) is 0 Å².